The topological polar surface area (TPSA) is 98.2 Å². The molecule has 5 nitrogen and oxygen atoms in total. The number of nitrogen functional groups attached to an aromatic ring is 1. The number of rotatable bonds is 3. The van der Waals surface area contributed by atoms with E-state index in [1.807, 2.05) is 0 Å². The molecule has 0 radical (unpaired) electrons. The summed E-state index contributed by atoms with van der Waals surface area (Å²) in [7, 11) is -3.73. The van der Waals surface area contributed by atoms with Crippen LogP contribution in [0.3, 0.4) is 0 Å². The molecule has 5 N–H and O–H groups in total. The van der Waals surface area contributed by atoms with Crippen LogP contribution >= 0.6 is 0 Å². The fraction of sp³-hybridized carbons (Fsp3) is 0.571. The van der Waals surface area contributed by atoms with Crippen molar-refractivity contribution in [3.63, 3.8) is 0 Å². The summed E-state index contributed by atoms with van der Waals surface area (Å²) in [5, 5.41) is 8.56. The number of primary sulfonamides is 1. The second-order valence-electron chi connectivity index (χ2n) is 6.09. The zero-order valence-electron chi connectivity index (χ0n) is 12.0. The van der Waals surface area contributed by atoms with E-state index in [-0.39, 0.29) is 4.90 Å². The largest absolute Gasteiger partial charge is 0.399 e. The number of benzene rings is 1. The maximum absolute atomic E-state index is 11.4. The van der Waals surface area contributed by atoms with Gasteiger partial charge in [-0.3, -0.25) is 0 Å². The predicted octanol–water partition coefficient (Wildman–Crippen LogP) is 2.15. The first-order valence-corrected chi connectivity index (χ1v) is 8.48. The smallest absolute Gasteiger partial charge is 0.238 e. The highest BCUT2D eigenvalue weighted by Crippen LogP contribution is 2.31. The molecular formula is C14H23N3O2S. The second-order valence-corrected chi connectivity index (χ2v) is 7.66. The normalized spacial score (nSPS) is 27.2. The fourth-order valence-electron chi connectivity index (χ4n) is 3.17. The van der Waals surface area contributed by atoms with E-state index in [4.69, 9.17) is 10.9 Å². The van der Waals surface area contributed by atoms with Crippen molar-refractivity contribution in [3.8, 4) is 0 Å². The van der Waals surface area contributed by atoms with Crippen molar-refractivity contribution in [1.29, 1.82) is 0 Å². The zero-order chi connectivity index (χ0) is 14.9. The summed E-state index contributed by atoms with van der Waals surface area (Å²) in [5.41, 5.74) is 6.88. The maximum Gasteiger partial charge on any atom is 0.238 e. The van der Waals surface area contributed by atoms with E-state index in [0.717, 1.165) is 18.5 Å². The molecule has 0 bridgehead atoms. The summed E-state index contributed by atoms with van der Waals surface area (Å²) in [4.78, 5) is 0.0527. The van der Waals surface area contributed by atoms with Gasteiger partial charge in [-0.25, -0.2) is 13.6 Å². The molecule has 1 saturated carbocycles. The van der Waals surface area contributed by atoms with Gasteiger partial charge in [0, 0.05) is 17.4 Å². The van der Waals surface area contributed by atoms with Gasteiger partial charge in [0.15, 0.2) is 0 Å². The highest BCUT2D eigenvalue weighted by Gasteiger charge is 2.24. The number of anilines is 2. The molecule has 0 aromatic heterocycles. The minimum absolute atomic E-state index is 0.0527. The molecule has 0 saturated heterocycles. The Kier molecular flexibility index (Phi) is 4.25. The first kappa shape index (κ1) is 15.1. The molecule has 1 fully saturated rings. The Morgan fingerprint density at radius 3 is 2.25 bits per heavy atom. The predicted molar refractivity (Wildman–Crippen MR) is 81.8 cm³/mol. The van der Waals surface area contributed by atoms with Gasteiger partial charge in [0.25, 0.3) is 0 Å². The molecule has 2 rings (SSSR count). The number of nitrogens with one attached hydrogen (secondary N) is 1. The van der Waals surface area contributed by atoms with Crippen LogP contribution in [0.5, 0.6) is 0 Å². The van der Waals surface area contributed by atoms with Crippen LogP contribution in [0.15, 0.2) is 23.1 Å². The van der Waals surface area contributed by atoms with E-state index >= 15 is 0 Å². The molecule has 1 aliphatic carbocycles. The Balaban J connectivity index is 2.19. The van der Waals surface area contributed by atoms with Gasteiger partial charge in [0.1, 0.15) is 0 Å². The van der Waals surface area contributed by atoms with E-state index in [1.165, 1.54) is 12.5 Å². The van der Waals surface area contributed by atoms with E-state index in [9.17, 15) is 8.42 Å². The molecule has 0 heterocycles. The lowest BCUT2D eigenvalue weighted by molar-refractivity contribution is 0.281. The number of nitrogens with two attached hydrogens (primary N) is 2. The highest BCUT2D eigenvalue weighted by atomic mass is 32.2. The van der Waals surface area contributed by atoms with Gasteiger partial charge in [0.2, 0.25) is 10.0 Å². The monoisotopic (exact) mass is 297 g/mol. The molecule has 1 aliphatic rings. The summed E-state index contributed by atoms with van der Waals surface area (Å²) >= 11 is 0. The zero-order valence-corrected chi connectivity index (χ0v) is 12.8. The summed E-state index contributed by atoms with van der Waals surface area (Å²) < 4.78 is 22.9. The Hall–Kier alpha value is -1.27. The van der Waals surface area contributed by atoms with Crippen LogP contribution in [0.1, 0.15) is 33.1 Å². The van der Waals surface area contributed by atoms with Gasteiger partial charge in [-0.2, -0.15) is 0 Å². The van der Waals surface area contributed by atoms with Crippen LogP contribution in [0.25, 0.3) is 0 Å². The van der Waals surface area contributed by atoms with Gasteiger partial charge >= 0.3 is 0 Å². The third-order valence-electron chi connectivity index (χ3n) is 3.81. The Bertz CT molecular complexity index is 576. The van der Waals surface area contributed by atoms with Gasteiger partial charge in [-0.15, -0.1) is 0 Å². The average molecular weight is 297 g/mol. The van der Waals surface area contributed by atoms with Crippen molar-refractivity contribution < 1.29 is 8.42 Å². The summed E-state index contributed by atoms with van der Waals surface area (Å²) in [6, 6.07) is 5.03. The molecule has 0 spiro atoms. The van der Waals surface area contributed by atoms with Gasteiger partial charge in [-0.05, 0) is 49.3 Å². The molecule has 1 aromatic rings. The molecule has 112 valence electrons. The molecule has 2 atom stereocenters. The van der Waals surface area contributed by atoms with Crippen LogP contribution in [-0.2, 0) is 10.0 Å². The molecule has 0 amide bonds. The number of sulfonamides is 1. The molecule has 0 aliphatic heterocycles. The summed E-state index contributed by atoms with van der Waals surface area (Å²) in [6.45, 7) is 4.50. The van der Waals surface area contributed by atoms with Gasteiger partial charge in [-0.1, -0.05) is 13.8 Å². The van der Waals surface area contributed by atoms with Crippen LogP contribution < -0.4 is 16.2 Å². The lowest BCUT2D eigenvalue weighted by atomic mass is 9.80. The number of hydrogen-bond donors (Lipinski definition) is 3. The van der Waals surface area contributed by atoms with Crippen molar-refractivity contribution >= 4 is 21.4 Å². The minimum Gasteiger partial charge on any atom is -0.399 e. The van der Waals surface area contributed by atoms with Crippen LogP contribution in [0.2, 0.25) is 0 Å². The van der Waals surface area contributed by atoms with Crippen molar-refractivity contribution in [2.24, 2.45) is 17.0 Å². The average Bonchev–Trinajstić information content (AvgIpc) is 2.25. The third kappa shape index (κ3) is 3.86. The van der Waals surface area contributed by atoms with Crippen LogP contribution in [0.4, 0.5) is 11.4 Å². The van der Waals surface area contributed by atoms with Crippen molar-refractivity contribution in [3.05, 3.63) is 18.2 Å². The van der Waals surface area contributed by atoms with E-state index in [2.05, 4.69) is 19.2 Å². The third-order valence-corrected chi connectivity index (χ3v) is 4.70. The summed E-state index contributed by atoms with van der Waals surface area (Å²) in [6.07, 6.45) is 3.42. The van der Waals surface area contributed by atoms with Crippen molar-refractivity contribution in [2.45, 2.75) is 44.0 Å². The van der Waals surface area contributed by atoms with Crippen molar-refractivity contribution in [1.82, 2.24) is 0 Å². The van der Waals surface area contributed by atoms with E-state index in [0.29, 0.717) is 23.6 Å². The second kappa shape index (κ2) is 5.61. The first-order chi connectivity index (χ1) is 9.24. The van der Waals surface area contributed by atoms with E-state index in [1.54, 1.807) is 12.1 Å². The molecule has 1 aromatic carbocycles. The highest BCUT2D eigenvalue weighted by molar-refractivity contribution is 7.89. The Morgan fingerprint density at radius 2 is 1.70 bits per heavy atom. The minimum atomic E-state index is -3.73. The lowest BCUT2D eigenvalue weighted by Gasteiger charge is -2.32. The van der Waals surface area contributed by atoms with Gasteiger partial charge < -0.3 is 11.1 Å². The standard InChI is InChI=1S/C14H23N3O2S/c1-9-3-10(2)5-12(4-9)17-13-6-11(15)7-14(8-13)20(16,18)19/h6-10,12,17H,3-5,15H2,1-2H3,(H2,16,18,19). The molecular weight excluding hydrogens is 274 g/mol. The van der Waals surface area contributed by atoms with E-state index < -0.39 is 10.0 Å². The maximum atomic E-state index is 11.4. The van der Waals surface area contributed by atoms with Crippen LogP contribution in [-0.4, -0.2) is 14.5 Å². The first-order valence-electron chi connectivity index (χ1n) is 6.94. The Morgan fingerprint density at radius 1 is 1.10 bits per heavy atom. The van der Waals surface area contributed by atoms with Gasteiger partial charge in [0.05, 0.1) is 4.90 Å². The molecule has 20 heavy (non-hydrogen) atoms. The van der Waals surface area contributed by atoms with Crippen LogP contribution in [0, 0.1) is 11.8 Å². The number of hydrogen-bond acceptors (Lipinski definition) is 4. The van der Waals surface area contributed by atoms with Crippen molar-refractivity contribution in [2.75, 3.05) is 11.1 Å². The lowest BCUT2D eigenvalue weighted by Crippen LogP contribution is -2.30. The summed E-state index contributed by atoms with van der Waals surface area (Å²) in [5.74, 6) is 1.35. The fourth-order valence-corrected chi connectivity index (χ4v) is 3.76. The quantitative estimate of drug-likeness (QED) is 0.744. The Labute approximate surface area is 120 Å². The SMILES string of the molecule is CC1CC(C)CC(Nc2cc(N)cc(S(N)(=O)=O)c2)C1. The molecule has 2 unspecified atom stereocenters. The molecule has 6 heteroatoms.